The normalized spacial score (nSPS) is 15.9. The van der Waals surface area contributed by atoms with Crippen LogP contribution in [0.1, 0.15) is 16.7 Å². The lowest BCUT2D eigenvalue weighted by molar-refractivity contribution is -0.122. The molecular formula is C26H23N3O3S. The molecule has 0 atom stereocenters. The molecule has 7 heteroatoms. The van der Waals surface area contributed by atoms with Crippen LogP contribution in [0.3, 0.4) is 0 Å². The second-order valence-corrected chi connectivity index (χ2v) is 8.41. The molecule has 166 valence electrons. The van der Waals surface area contributed by atoms with Crippen molar-refractivity contribution in [2.24, 2.45) is 10.7 Å². The number of ether oxygens (including phenoxy) is 1. The molecule has 0 aromatic heterocycles. The first-order chi connectivity index (χ1) is 16.1. The van der Waals surface area contributed by atoms with Crippen LogP contribution in [0.4, 0.5) is 0 Å². The molecular weight excluding hydrogens is 434 g/mol. The van der Waals surface area contributed by atoms with Gasteiger partial charge in [0.05, 0.1) is 18.0 Å². The van der Waals surface area contributed by atoms with Gasteiger partial charge >= 0.3 is 0 Å². The quantitative estimate of drug-likeness (QED) is 0.513. The first-order valence-corrected chi connectivity index (χ1v) is 11.2. The van der Waals surface area contributed by atoms with Crippen molar-refractivity contribution in [2.45, 2.75) is 13.1 Å². The molecule has 2 N–H and O–H groups in total. The second kappa shape index (κ2) is 10.7. The molecule has 6 nitrogen and oxygen atoms in total. The number of hydrogen-bond donors (Lipinski definition) is 1. The van der Waals surface area contributed by atoms with Crippen molar-refractivity contribution in [3.05, 3.63) is 107 Å². The summed E-state index contributed by atoms with van der Waals surface area (Å²) in [5.41, 5.74) is 8.08. The van der Waals surface area contributed by atoms with Crippen molar-refractivity contribution in [1.82, 2.24) is 4.90 Å². The minimum Gasteiger partial charge on any atom is -0.484 e. The molecule has 0 saturated carbocycles. The molecule has 1 fully saturated rings. The summed E-state index contributed by atoms with van der Waals surface area (Å²) in [6.45, 7) is 0.781. The molecule has 0 bridgehead atoms. The first-order valence-electron chi connectivity index (χ1n) is 10.4. The molecule has 1 heterocycles. The number of primary amides is 1. The Kier molecular flexibility index (Phi) is 7.22. The number of aliphatic imine (C=N–C) groups is 1. The van der Waals surface area contributed by atoms with Crippen LogP contribution in [0.5, 0.6) is 5.75 Å². The van der Waals surface area contributed by atoms with Crippen LogP contribution in [0.25, 0.3) is 6.08 Å². The van der Waals surface area contributed by atoms with Gasteiger partial charge < -0.3 is 10.5 Å². The van der Waals surface area contributed by atoms with Gasteiger partial charge in [-0.1, -0.05) is 72.8 Å². The summed E-state index contributed by atoms with van der Waals surface area (Å²) in [4.78, 5) is 31.2. The highest BCUT2D eigenvalue weighted by Gasteiger charge is 2.33. The Morgan fingerprint density at radius 2 is 1.58 bits per heavy atom. The Morgan fingerprint density at radius 3 is 2.21 bits per heavy atom. The third kappa shape index (κ3) is 6.11. The minimum absolute atomic E-state index is 0.0790. The highest BCUT2D eigenvalue weighted by Crippen LogP contribution is 2.34. The fourth-order valence-corrected chi connectivity index (χ4v) is 4.22. The monoisotopic (exact) mass is 457 g/mol. The number of carbonyl (C=O) groups excluding carboxylic acids is 2. The second-order valence-electron chi connectivity index (χ2n) is 7.40. The number of nitrogens with zero attached hydrogens (tertiary/aromatic N) is 2. The Balaban J connectivity index is 1.56. The van der Waals surface area contributed by atoms with E-state index in [0.717, 1.165) is 16.7 Å². The van der Waals surface area contributed by atoms with E-state index in [0.29, 0.717) is 28.9 Å². The van der Waals surface area contributed by atoms with E-state index in [1.807, 2.05) is 78.9 Å². The van der Waals surface area contributed by atoms with Crippen molar-refractivity contribution in [1.29, 1.82) is 0 Å². The van der Waals surface area contributed by atoms with Crippen molar-refractivity contribution < 1.29 is 14.3 Å². The zero-order chi connectivity index (χ0) is 23.0. The molecule has 0 unspecified atom stereocenters. The molecule has 3 aromatic carbocycles. The molecule has 4 rings (SSSR count). The standard InChI is InChI=1S/C26H23N3O3S/c27-24(30)18-32-22-13-11-19(12-14-22)15-23-25(31)29(17-21-9-5-2-6-10-21)26(33-23)28-16-20-7-3-1-4-8-20/h1-15H,16-18H2,(H2,27,30)/b23-15-,28-26?. The number of thioether (sulfide) groups is 1. The third-order valence-corrected chi connectivity index (χ3v) is 5.91. The van der Waals surface area contributed by atoms with Crippen LogP contribution in [-0.2, 0) is 22.7 Å². The van der Waals surface area contributed by atoms with E-state index in [1.165, 1.54) is 11.8 Å². The summed E-state index contributed by atoms with van der Waals surface area (Å²) >= 11 is 1.37. The molecule has 1 saturated heterocycles. The maximum Gasteiger partial charge on any atom is 0.267 e. The van der Waals surface area contributed by atoms with Crippen molar-refractivity contribution >= 4 is 34.8 Å². The SMILES string of the molecule is NC(=O)COc1ccc(/C=C2\SC(=NCc3ccccc3)N(Cc3ccccc3)C2=O)cc1. The van der Waals surface area contributed by atoms with Gasteiger partial charge in [-0.2, -0.15) is 0 Å². The number of rotatable bonds is 8. The topological polar surface area (TPSA) is 85.0 Å². The number of carbonyl (C=O) groups is 2. The Morgan fingerprint density at radius 1 is 0.939 bits per heavy atom. The average Bonchev–Trinajstić information content (AvgIpc) is 3.12. The summed E-state index contributed by atoms with van der Waals surface area (Å²) in [6, 6.07) is 27.0. The highest BCUT2D eigenvalue weighted by atomic mass is 32.2. The highest BCUT2D eigenvalue weighted by molar-refractivity contribution is 8.18. The summed E-state index contributed by atoms with van der Waals surface area (Å²) in [5.74, 6) is -0.0724. The lowest BCUT2D eigenvalue weighted by Crippen LogP contribution is -2.28. The smallest absolute Gasteiger partial charge is 0.267 e. The van der Waals surface area contributed by atoms with Crippen molar-refractivity contribution in [2.75, 3.05) is 6.61 Å². The number of nitrogens with two attached hydrogens (primary N) is 1. The van der Waals surface area contributed by atoms with Gasteiger partial charge in [0.15, 0.2) is 11.8 Å². The van der Waals surface area contributed by atoms with E-state index < -0.39 is 5.91 Å². The van der Waals surface area contributed by atoms with Gasteiger partial charge in [-0.3, -0.25) is 19.5 Å². The predicted octanol–water partition coefficient (Wildman–Crippen LogP) is 4.22. The Bertz CT molecular complexity index is 1180. The van der Waals surface area contributed by atoms with E-state index >= 15 is 0 Å². The van der Waals surface area contributed by atoms with Crippen molar-refractivity contribution in [3.8, 4) is 5.75 Å². The van der Waals surface area contributed by atoms with Gasteiger partial charge in [0.25, 0.3) is 11.8 Å². The fraction of sp³-hybridized carbons (Fsp3) is 0.115. The zero-order valence-corrected chi connectivity index (χ0v) is 18.7. The minimum atomic E-state index is -0.532. The van der Waals surface area contributed by atoms with Gasteiger partial charge in [0.1, 0.15) is 5.75 Å². The van der Waals surface area contributed by atoms with Gasteiger partial charge in [-0.05, 0) is 46.7 Å². The largest absolute Gasteiger partial charge is 0.484 e. The summed E-state index contributed by atoms with van der Waals surface area (Å²) in [6.07, 6.45) is 1.84. The molecule has 0 radical (unpaired) electrons. The molecule has 2 amide bonds. The van der Waals surface area contributed by atoms with E-state index in [4.69, 9.17) is 15.5 Å². The molecule has 1 aliphatic heterocycles. The number of benzene rings is 3. The lowest BCUT2D eigenvalue weighted by atomic mass is 10.2. The third-order valence-electron chi connectivity index (χ3n) is 4.87. The first kappa shape index (κ1) is 22.4. The molecule has 33 heavy (non-hydrogen) atoms. The van der Waals surface area contributed by atoms with Crippen LogP contribution in [-0.4, -0.2) is 28.5 Å². The summed E-state index contributed by atoms with van der Waals surface area (Å²) in [5, 5.41) is 0.681. The van der Waals surface area contributed by atoms with Crippen LogP contribution in [0, 0.1) is 0 Å². The summed E-state index contributed by atoms with van der Waals surface area (Å²) < 4.78 is 5.29. The van der Waals surface area contributed by atoms with Gasteiger partial charge in [0, 0.05) is 0 Å². The molecule has 3 aromatic rings. The summed E-state index contributed by atoms with van der Waals surface area (Å²) in [7, 11) is 0. The van der Waals surface area contributed by atoms with Gasteiger partial charge in [-0.15, -0.1) is 0 Å². The maximum absolute atomic E-state index is 13.3. The van der Waals surface area contributed by atoms with E-state index in [-0.39, 0.29) is 12.5 Å². The maximum atomic E-state index is 13.3. The molecule has 0 aliphatic carbocycles. The number of hydrogen-bond acceptors (Lipinski definition) is 5. The van der Waals surface area contributed by atoms with Crippen LogP contribution in [0.2, 0.25) is 0 Å². The number of amides is 2. The predicted molar refractivity (Wildman–Crippen MR) is 131 cm³/mol. The van der Waals surface area contributed by atoms with Gasteiger partial charge in [-0.25, -0.2) is 0 Å². The van der Waals surface area contributed by atoms with Gasteiger partial charge in [0.2, 0.25) is 0 Å². The van der Waals surface area contributed by atoms with E-state index in [1.54, 1.807) is 17.0 Å². The average molecular weight is 458 g/mol. The fourth-order valence-electron chi connectivity index (χ4n) is 3.24. The number of amidine groups is 1. The lowest BCUT2D eigenvalue weighted by Gasteiger charge is -2.15. The van der Waals surface area contributed by atoms with Crippen molar-refractivity contribution in [3.63, 3.8) is 0 Å². The van der Waals surface area contributed by atoms with Crippen LogP contribution in [0.15, 0.2) is 94.8 Å². The zero-order valence-electron chi connectivity index (χ0n) is 17.9. The Labute approximate surface area is 196 Å². The van der Waals surface area contributed by atoms with Crippen LogP contribution >= 0.6 is 11.8 Å². The molecule has 1 aliphatic rings. The van der Waals surface area contributed by atoms with Crippen LogP contribution < -0.4 is 10.5 Å². The van der Waals surface area contributed by atoms with E-state index in [2.05, 4.69) is 0 Å². The van der Waals surface area contributed by atoms with E-state index in [9.17, 15) is 9.59 Å². The Hall–Kier alpha value is -3.84. The molecule has 0 spiro atoms.